The molecule has 2 heterocycles. The number of nitrogens with zero attached hydrogens (tertiary/aromatic N) is 1. The molecule has 1 unspecified atom stereocenters. The predicted molar refractivity (Wildman–Crippen MR) is 67.2 cm³/mol. The van der Waals surface area contributed by atoms with E-state index in [0.717, 1.165) is 0 Å². The average Bonchev–Trinajstić information content (AvgIpc) is 2.83. The number of benzene rings is 1. The van der Waals surface area contributed by atoms with Gasteiger partial charge in [0.05, 0.1) is 12.3 Å². The van der Waals surface area contributed by atoms with Crippen molar-refractivity contribution in [3.63, 3.8) is 0 Å². The van der Waals surface area contributed by atoms with Crippen LogP contribution in [0.5, 0.6) is 0 Å². The molecule has 0 aliphatic carbocycles. The second kappa shape index (κ2) is 3.81. The monoisotopic (exact) mass is 279 g/mol. The lowest BCUT2D eigenvalue weighted by Gasteiger charge is -2.28. The van der Waals surface area contributed by atoms with Crippen LogP contribution in [0.25, 0.3) is 0 Å². The number of Topliss-reactive ketones (excluding diaryl/α,β-unsaturated/α-hetero) is 1. The molecule has 1 atom stereocenters. The summed E-state index contributed by atoms with van der Waals surface area (Å²) in [6.07, 6.45) is 0.177. The number of ketones is 1. The fraction of sp³-hybridized carbons (Fsp3) is 0.308. The van der Waals surface area contributed by atoms with Gasteiger partial charge in [0.15, 0.2) is 0 Å². The molecule has 0 N–H and O–H groups in total. The molecule has 19 heavy (non-hydrogen) atoms. The van der Waals surface area contributed by atoms with Gasteiger partial charge in [0, 0.05) is 23.9 Å². The highest BCUT2D eigenvalue weighted by Gasteiger charge is 2.62. The lowest BCUT2D eigenvalue weighted by molar-refractivity contribution is -0.142. The van der Waals surface area contributed by atoms with E-state index < -0.39 is 17.3 Å². The quantitative estimate of drug-likeness (QED) is 0.534. The molecule has 0 radical (unpaired) electrons. The Morgan fingerprint density at radius 2 is 2.16 bits per heavy atom. The van der Waals surface area contributed by atoms with Crippen molar-refractivity contribution in [3.8, 4) is 0 Å². The number of carbonyl (C=O) groups is 3. The van der Waals surface area contributed by atoms with Crippen LogP contribution in [0.3, 0.4) is 0 Å². The molecular weight excluding hydrogens is 270 g/mol. The number of rotatable bonds is 0. The van der Waals surface area contributed by atoms with Crippen molar-refractivity contribution in [3.05, 3.63) is 28.8 Å². The van der Waals surface area contributed by atoms with E-state index in [1.807, 2.05) is 0 Å². The number of cyclic esters (lactones) is 1. The molecule has 1 saturated heterocycles. The topological polar surface area (TPSA) is 63.7 Å². The molecule has 2 aliphatic rings. The Bertz CT molecular complexity index is 627. The maximum Gasteiger partial charge on any atom is 0.340 e. The van der Waals surface area contributed by atoms with Gasteiger partial charge in [-0.25, -0.2) is 4.79 Å². The highest BCUT2D eigenvalue weighted by Crippen LogP contribution is 2.44. The van der Waals surface area contributed by atoms with Crippen molar-refractivity contribution in [1.82, 2.24) is 0 Å². The van der Waals surface area contributed by atoms with Crippen LogP contribution in [0.1, 0.15) is 23.7 Å². The molecule has 98 valence electrons. The van der Waals surface area contributed by atoms with Gasteiger partial charge in [-0.05, 0) is 18.2 Å². The van der Waals surface area contributed by atoms with E-state index in [2.05, 4.69) is 0 Å². The molecule has 1 spiro atoms. The molecule has 2 aliphatic heterocycles. The van der Waals surface area contributed by atoms with Gasteiger partial charge in [-0.15, -0.1) is 0 Å². The summed E-state index contributed by atoms with van der Waals surface area (Å²) in [5.74, 6) is -1.45. The molecule has 0 bridgehead atoms. The minimum atomic E-state index is -1.53. The van der Waals surface area contributed by atoms with Crippen LogP contribution in [-0.2, 0) is 14.3 Å². The molecule has 3 rings (SSSR count). The maximum absolute atomic E-state index is 12.5. The van der Waals surface area contributed by atoms with Gasteiger partial charge in [-0.1, -0.05) is 11.6 Å². The number of amides is 1. The molecular formula is C13H10ClNO4. The van der Waals surface area contributed by atoms with Gasteiger partial charge in [-0.3, -0.25) is 14.5 Å². The minimum absolute atomic E-state index is 0.135. The number of esters is 1. The zero-order valence-corrected chi connectivity index (χ0v) is 10.9. The molecule has 1 amide bonds. The van der Waals surface area contributed by atoms with E-state index in [0.29, 0.717) is 16.3 Å². The SMILES string of the molecule is CC(=O)N1c2ccc(Cl)cc2C(=O)C12CCOC2=O. The third-order valence-corrected chi connectivity index (χ3v) is 3.79. The summed E-state index contributed by atoms with van der Waals surface area (Å²) in [5, 5.41) is 0.388. The third-order valence-electron chi connectivity index (χ3n) is 3.55. The lowest BCUT2D eigenvalue weighted by Crippen LogP contribution is -2.56. The van der Waals surface area contributed by atoms with Crippen molar-refractivity contribution in [2.45, 2.75) is 18.9 Å². The number of fused-ring (bicyclic) bond motifs is 1. The third kappa shape index (κ3) is 1.39. The first-order valence-corrected chi connectivity index (χ1v) is 6.18. The molecule has 1 aromatic rings. The van der Waals surface area contributed by atoms with Crippen LogP contribution in [-0.4, -0.2) is 29.8 Å². The molecule has 0 aromatic heterocycles. The normalized spacial score (nSPS) is 24.8. The van der Waals surface area contributed by atoms with E-state index >= 15 is 0 Å². The van der Waals surface area contributed by atoms with Crippen LogP contribution in [0.2, 0.25) is 5.02 Å². The van der Waals surface area contributed by atoms with Gasteiger partial charge in [0.25, 0.3) is 0 Å². The molecule has 1 aromatic carbocycles. The summed E-state index contributed by atoms with van der Waals surface area (Å²) in [6, 6.07) is 4.65. The molecule has 6 heteroatoms. The van der Waals surface area contributed by atoms with Crippen molar-refractivity contribution in [2.24, 2.45) is 0 Å². The number of ether oxygens (including phenoxy) is 1. The fourth-order valence-corrected chi connectivity index (χ4v) is 2.95. The summed E-state index contributed by atoms with van der Waals surface area (Å²) < 4.78 is 4.92. The van der Waals surface area contributed by atoms with Gasteiger partial charge in [0.1, 0.15) is 0 Å². The van der Waals surface area contributed by atoms with Crippen molar-refractivity contribution in [2.75, 3.05) is 11.5 Å². The highest BCUT2D eigenvalue weighted by atomic mass is 35.5. The van der Waals surface area contributed by atoms with Gasteiger partial charge >= 0.3 is 5.97 Å². The minimum Gasteiger partial charge on any atom is -0.463 e. The molecule has 5 nitrogen and oxygen atoms in total. The highest BCUT2D eigenvalue weighted by molar-refractivity contribution is 6.34. The van der Waals surface area contributed by atoms with Crippen molar-refractivity contribution in [1.29, 1.82) is 0 Å². The molecule has 1 fully saturated rings. The van der Waals surface area contributed by atoms with E-state index in [-0.39, 0.29) is 18.9 Å². The number of anilines is 1. The Kier molecular flexibility index (Phi) is 2.44. The standard InChI is InChI=1S/C13H10ClNO4/c1-7(16)15-10-3-2-8(14)6-9(10)11(17)13(15)4-5-19-12(13)18/h2-3,6H,4-5H2,1H3. The smallest absolute Gasteiger partial charge is 0.340 e. The Labute approximate surface area is 114 Å². The largest absolute Gasteiger partial charge is 0.463 e. The summed E-state index contributed by atoms with van der Waals surface area (Å²) in [7, 11) is 0. The van der Waals surface area contributed by atoms with Gasteiger partial charge < -0.3 is 4.74 Å². The van der Waals surface area contributed by atoms with Crippen molar-refractivity contribution >= 4 is 34.9 Å². The second-order valence-corrected chi connectivity index (χ2v) is 5.03. The van der Waals surface area contributed by atoms with Gasteiger partial charge in [0.2, 0.25) is 17.2 Å². The summed E-state index contributed by atoms with van der Waals surface area (Å²) in [4.78, 5) is 37.7. The van der Waals surface area contributed by atoms with Gasteiger partial charge in [-0.2, -0.15) is 0 Å². The maximum atomic E-state index is 12.5. The first-order chi connectivity index (χ1) is 8.98. The van der Waals surface area contributed by atoms with Crippen LogP contribution < -0.4 is 4.90 Å². The zero-order valence-electron chi connectivity index (χ0n) is 10.1. The van der Waals surface area contributed by atoms with E-state index in [4.69, 9.17) is 16.3 Å². The lowest BCUT2D eigenvalue weighted by atomic mass is 9.91. The summed E-state index contributed by atoms with van der Waals surface area (Å²) in [5.41, 5.74) is -0.818. The van der Waals surface area contributed by atoms with E-state index in [9.17, 15) is 14.4 Å². The first kappa shape index (κ1) is 12.2. The summed E-state index contributed by atoms with van der Waals surface area (Å²) >= 11 is 5.88. The van der Waals surface area contributed by atoms with Crippen LogP contribution in [0.4, 0.5) is 5.69 Å². The van der Waals surface area contributed by atoms with Crippen molar-refractivity contribution < 1.29 is 19.1 Å². The zero-order chi connectivity index (χ0) is 13.8. The summed E-state index contributed by atoms with van der Waals surface area (Å²) in [6.45, 7) is 1.46. The van der Waals surface area contributed by atoms with E-state index in [1.54, 1.807) is 12.1 Å². The Morgan fingerprint density at radius 3 is 2.74 bits per heavy atom. The number of hydrogen-bond donors (Lipinski definition) is 0. The number of hydrogen-bond acceptors (Lipinski definition) is 4. The Morgan fingerprint density at radius 1 is 1.42 bits per heavy atom. The molecule has 0 saturated carbocycles. The van der Waals surface area contributed by atoms with Crippen LogP contribution in [0.15, 0.2) is 18.2 Å². The first-order valence-electron chi connectivity index (χ1n) is 5.81. The van der Waals surface area contributed by atoms with Crippen LogP contribution in [0, 0.1) is 0 Å². The number of halogens is 1. The predicted octanol–water partition coefficient (Wildman–Crippen LogP) is 1.57. The average molecular weight is 280 g/mol. The number of carbonyl (C=O) groups excluding carboxylic acids is 3. The van der Waals surface area contributed by atoms with Crippen LogP contribution >= 0.6 is 11.6 Å². The second-order valence-electron chi connectivity index (χ2n) is 4.59. The Balaban J connectivity index is 2.27. The fourth-order valence-electron chi connectivity index (χ4n) is 2.78. The van der Waals surface area contributed by atoms with E-state index in [1.165, 1.54) is 17.9 Å². The Hall–Kier alpha value is -1.88.